The van der Waals surface area contributed by atoms with Crippen molar-refractivity contribution >= 4 is 35.6 Å². The summed E-state index contributed by atoms with van der Waals surface area (Å²) in [5.74, 6) is 0.858. The summed E-state index contributed by atoms with van der Waals surface area (Å²) in [6, 6.07) is 8.65. The van der Waals surface area contributed by atoms with E-state index < -0.39 is 0 Å². The van der Waals surface area contributed by atoms with Crippen LogP contribution in [0.15, 0.2) is 41.7 Å². The third-order valence-corrected chi connectivity index (χ3v) is 4.34. The Morgan fingerprint density at radius 2 is 2.04 bits per heavy atom. The fourth-order valence-electron chi connectivity index (χ4n) is 2.92. The molecule has 6 nitrogen and oxygen atoms in total. The highest BCUT2D eigenvalue weighted by atomic mass is 127. The van der Waals surface area contributed by atoms with E-state index in [1.54, 1.807) is 0 Å². The minimum atomic E-state index is 0. The Labute approximate surface area is 180 Å². The molecule has 2 rings (SSSR count). The van der Waals surface area contributed by atoms with E-state index >= 15 is 0 Å². The number of nitrogens with one attached hydrogen (secondary N) is 2. The molecular weight excluding hydrogens is 451 g/mol. The molecule has 2 aromatic rings. The van der Waals surface area contributed by atoms with Gasteiger partial charge in [0.1, 0.15) is 0 Å². The fourth-order valence-corrected chi connectivity index (χ4v) is 2.92. The Balaban J connectivity index is 0.00000364. The predicted molar refractivity (Wildman–Crippen MR) is 125 cm³/mol. The van der Waals surface area contributed by atoms with Crippen molar-refractivity contribution in [3.63, 3.8) is 0 Å². The second kappa shape index (κ2) is 12.6. The topological polar surface area (TPSA) is 57.5 Å². The molecule has 7 heteroatoms. The van der Waals surface area contributed by atoms with Crippen LogP contribution < -0.4 is 15.5 Å². The molecule has 0 bridgehead atoms. The molecule has 0 radical (unpaired) electrons. The van der Waals surface area contributed by atoms with Gasteiger partial charge in [-0.25, -0.2) is 0 Å². The molecule has 0 spiro atoms. The summed E-state index contributed by atoms with van der Waals surface area (Å²) in [5, 5.41) is 11.0. The van der Waals surface area contributed by atoms with Gasteiger partial charge in [0.2, 0.25) is 0 Å². The maximum atomic E-state index is 4.31. The number of nitrogens with zero attached hydrogens (tertiary/aromatic N) is 4. The quantitative estimate of drug-likeness (QED) is 0.249. The van der Waals surface area contributed by atoms with E-state index in [2.05, 4.69) is 69.9 Å². The molecule has 0 amide bonds. The first-order valence-corrected chi connectivity index (χ1v) is 9.36. The molecule has 0 saturated heterocycles. The number of likely N-dealkylation sites (N-methyl/N-ethyl adjacent to an activating group) is 1. The Hall–Kier alpha value is -1.77. The number of aliphatic imine (C=N–C) groups is 1. The van der Waals surface area contributed by atoms with E-state index in [4.69, 9.17) is 0 Å². The number of hydrogen-bond donors (Lipinski definition) is 2. The first-order valence-electron chi connectivity index (χ1n) is 9.36. The molecule has 0 aliphatic rings. The zero-order valence-corrected chi connectivity index (χ0v) is 19.2. The number of benzene rings is 1. The van der Waals surface area contributed by atoms with Gasteiger partial charge in [0.25, 0.3) is 0 Å². The van der Waals surface area contributed by atoms with Crippen molar-refractivity contribution in [1.82, 2.24) is 20.4 Å². The summed E-state index contributed by atoms with van der Waals surface area (Å²) >= 11 is 0. The summed E-state index contributed by atoms with van der Waals surface area (Å²) in [6.45, 7) is 7.99. The molecule has 0 unspecified atom stereocenters. The van der Waals surface area contributed by atoms with Crippen LogP contribution in [0.5, 0.6) is 0 Å². The number of guanidine groups is 1. The van der Waals surface area contributed by atoms with Gasteiger partial charge in [-0.15, -0.1) is 24.0 Å². The lowest BCUT2D eigenvalue weighted by Crippen LogP contribution is -2.42. The van der Waals surface area contributed by atoms with E-state index in [1.807, 2.05) is 25.0 Å². The van der Waals surface area contributed by atoms with Crippen LogP contribution in [-0.4, -0.2) is 49.0 Å². The van der Waals surface area contributed by atoms with E-state index in [-0.39, 0.29) is 24.0 Å². The van der Waals surface area contributed by atoms with E-state index in [0.717, 1.165) is 45.0 Å². The summed E-state index contributed by atoms with van der Waals surface area (Å²) in [4.78, 5) is 6.68. The second-order valence-corrected chi connectivity index (χ2v) is 6.47. The van der Waals surface area contributed by atoms with Crippen molar-refractivity contribution in [2.24, 2.45) is 12.0 Å². The monoisotopic (exact) mass is 484 g/mol. The lowest BCUT2D eigenvalue weighted by atomic mass is 10.2. The van der Waals surface area contributed by atoms with Crippen molar-refractivity contribution in [3.05, 3.63) is 47.8 Å². The fraction of sp³-hybridized carbons (Fsp3) is 0.500. The van der Waals surface area contributed by atoms with Gasteiger partial charge >= 0.3 is 0 Å². The Bertz CT molecular complexity index is 697. The summed E-state index contributed by atoms with van der Waals surface area (Å²) in [7, 11) is 3.76. The van der Waals surface area contributed by atoms with E-state index in [9.17, 15) is 0 Å². The predicted octanol–water partition coefficient (Wildman–Crippen LogP) is 2.97. The summed E-state index contributed by atoms with van der Waals surface area (Å²) in [6.07, 6.45) is 6.07. The molecule has 0 atom stereocenters. The van der Waals surface area contributed by atoms with Crippen molar-refractivity contribution in [2.45, 2.75) is 26.7 Å². The largest absolute Gasteiger partial charge is 0.370 e. The lowest BCUT2D eigenvalue weighted by molar-refractivity contribution is 0.724. The normalized spacial score (nSPS) is 11.0. The number of aryl methyl sites for hydroxylation is 3. The SMILES string of the molecule is CCN(CCNC(=NC)NCCCc1cnn(C)c1)c1cccc(C)c1.I. The lowest BCUT2D eigenvalue weighted by Gasteiger charge is -2.24. The minimum absolute atomic E-state index is 0. The highest BCUT2D eigenvalue weighted by molar-refractivity contribution is 14.0. The minimum Gasteiger partial charge on any atom is -0.370 e. The molecule has 150 valence electrons. The highest BCUT2D eigenvalue weighted by Crippen LogP contribution is 2.14. The van der Waals surface area contributed by atoms with Crippen LogP contribution in [0.4, 0.5) is 5.69 Å². The van der Waals surface area contributed by atoms with Gasteiger partial charge in [-0.2, -0.15) is 5.10 Å². The number of rotatable bonds is 9. The average molecular weight is 484 g/mol. The number of halogens is 1. The van der Waals surface area contributed by atoms with Gasteiger partial charge in [0.05, 0.1) is 6.20 Å². The average Bonchev–Trinajstić information content (AvgIpc) is 3.05. The second-order valence-electron chi connectivity index (χ2n) is 6.47. The van der Waals surface area contributed by atoms with Crippen molar-refractivity contribution < 1.29 is 0 Å². The van der Waals surface area contributed by atoms with Crippen LogP contribution in [0.3, 0.4) is 0 Å². The molecule has 0 saturated carbocycles. The molecule has 27 heavy (non-hydrogen) atoms. The summed E-state index contributed by atoms with van der Waals surface area (Å²) < 4.78 is 1.84. The van der Waals surface area contributed by atoms with E-state index in [1.165, 1.54) is 16.8 Å². The number of aromatic nitrogens is 2. The first kappa shape index (κ1) is 23.3. The van der Waals surface area contributed by atoms with Crippen molar-refractivity contribution in [2.75, 3.05) is 38.1 Å². The molecule has 1 aromatic carbocycles. The number of hydrogen-bond acceptors (Lipinski definition) is 3. The molecule has 2 N–H and O–H groups in total. The van der Waals surface area contributed by atoms with Crippen LogP contribution >= 0.6 is 24.0 Å². The van der Waals surface area contributed by atoms with Crippen molar-refractivity contribution in [3.8, 4) is 0 Å². The highest BCUT2D eigenvalue weighted by Gasteiger charge is 2.05. The maximum Gasteiger partial charge on any atom is 0.191 e. The van der Waals surface area contributed by atoms with Crippen LogP contribution in [0, 0.1) is 6.92 Å². The van der Waals surface area contributed by atoms with Crippen LogP contribution in [0.2, 0.25) is 0 Å². The Morgan fingerprint density at radius 1 is 1.26 bits per heavy atom. The summed E-state index contributed by atoms with van der Waals surface area (Å²) in [5.41, 5.74) is 3.84. The Morgan fingerprint density at radius 3 is 2.67 bits per heavy atom. The molecule has 0 fully saturated rings. The van der Waals surface area contributed by atoms with Crippen LogP contribution in [0.25, 0.3) is 0 Å². The molecule has 0 aliphatic heterocycles. The number of anilines is 1. The van der Waals surface area contributed by atoms with Gasteiger partial charge in [0, 0.05) is 52.2 Å². The third-order valence-electron chi connectivity index (χ3n) is 4.34. The standard InChI is InChI=1S/C20H32N6.HI/c1-5-26(19-10-6-8-17(2)14-19)13-12-23-20(21-3)22-11-7-9-18-15-24-25(4)16-18;/h6,8,10,14-16H,5,7,9,11-13H2,1-4H3,(H2,21,22,23);1H. The van der Waals surface area contributed by atoms with Gasteiger partial charge in [0.15, 0.2) is 5.96 Å². The van der Waals surface area contributed by atoms with Gasteiger partial charge in [-0.05, 0) is 49.9 Å². The first-order chi connectivity index (χ1) is 12.6. The molecule has 1 heterocycles. The Kier molecular flexibility index (Phi) is 10.8. The zero-order chi connectivity index (χ0) is 18.8. The molecule has 1 aromatic heterocycles. The molecule has 0 aliphatic carbocycles. The maximum absolute atomic E-state index is 4.31. The smallest absolute Gasteiger partial charge is 0.191 e. The van der Waals surface area contributed by atoms with Crippen LogP contribution in [-0.2, 0) is 13.5 Å². The molecular formula is C20H33IN6. The third kappa shape index (κ3) is 8.19. The zero-order valence-electron chi connectivity index (χ0n) is 16.9. The van der Waals surface area contributed by atoms with Gasteiger partial charge in [-0.1, -0.05) is 12.1 Å². The van der Waals surface area contributed by atoms with E-state index in [0.29, 0.717) is 0 Å². The van der Waals surface area contributed by atoms with Crippen LogP contribution in [0.1, 0.15) is 24.5 Å². The van der Waals surface area contributed by atoms with Gasteiger partial charge in [-0.3, -0.25) is 9.67 Å². The van der Waals surface area contributed by atoms with Crippen molar-refractivity contribution in [1.29, 1.82) is 0 Å². The van der Waals surface area contributed by atoms with Gasteiger partial charge < -0.3 is 15.5 Å².